The fraction of sp³-hybridized carbons (Fsp3) is 0.611. The Morgan fingerprint density at radius 1 is 1.16 bits per heavy atom. The lowest BCUT2D eigenvalue weighted by atomic mass is 10.1. The minimum absolute atomic E-state index is 0. The lowest BCUT2D eigenvalue weighted by Crippen LogP contribution is -2.49. The lowest BCUT2D eigenvalue weighted by Gasteiger charge is -2.36. The summed E-state index contributed by atoms with van der Waals surface area (Å²) in [6.07, 6.45) is 2.81. The first kappa shape index (κ1) is 22.0. The van der Waals surface area contributed by atoms with Gasteiger partial charge in [0.2, 0.25) is 5.91 Å². The summed E-state index contributed by atoms with van der Waals surface area (Å²) in [5, 5.41) is 0. The van der Waals surface area contributed by atoms with Crippen molar-refractivity contribution < 1.29 is 9.53 Å². The Bertz CT molecular complexity index is 551. The third kappa shape index (κ3) is 5.48. The summed E-state index contributed by atoms with van der Waals surface area (Å²) in [5.41, 5.74) is 7.14. The molecule has 1 aliphatic carbocycles. The molecule has 142 valence electrons. The molecule has 2 fully saturated rings. The Morgan fingerprint density at radius 2 is 1.84 bits per heavy atom. The smallest absolute Gasteiger partial charge is 0.225 e. The highest BCUT2D eigenvalue weighted by molar-refractivity contribution is 5.85. The van der Waals surface area contributed by atoms with Crippen LogP contribution in [0.15, 0.2) is 24.3 Å². The molecular formula is C18H29Cl2N3O2. The quantitative estimate of drug-likeness (QED) is 0.857. The van der Waals surface area contributed by atoms with Crippen LogP contribution >= 0.6 is 24.8 Å². The Balaban J connectivity index is 0.00000156. The van der Waals surface area contributed by atoms with Crippen LogP contribution in [-0.4, -0.2) is 55.0 Å². The molecule has 1 aromatic carbocycles. The van der Waals surface area contributed by atoms with E-state index in [1.807, 2.05) is 23.1 Å². The van der Waals surface area contributed by atoms with Crippen molar-refractivity contribution >= 4 is 30.7 Å². The first-order valence-electron chi connectivity index (χ1n) is 8.56. The van der Waals surface area contributed by atoms with Crippen LogP contribution in [0.4, 0.5) is 0 Å². The number of para-hydroxylation sites is 1. The van der Waals surface area contributed by atoms with Crippen LogP contribution in [0.2, 0.25) is 0 Å². The molecule has 1 saturated carbocycles. The van der Waals surface area contributed by atoms with Gasteiger partial charge in [0.15, 0.2) is 0 Å². The van der Waals surface area contributed by atoms with Gasteiger partial charge in [0, 0.05) is 50.2 Å². The molecule has 1 amide bonds. The molecule has 1 aromatic rings. The van der Waals surface area contributed by atoms with Gasteiger partial charge < -0.3 is 15.4 Å². The molecule has 1 heterocycles. The van der Waals surface area contributed by atoms with Crippen LogP contribution in [0.5, 0.6) is 5.75 Å². The van der Waals surface area contributed by atoms with E-state index in [0.717, 1.165) is 57.7 Å². The molecule has 0 spiro atoms. The summed E-state index contributed by atoms with van der Waals surface area (Å²) in [6.45, 7) is 4.35. The van der Waals surface area contributed by atoms with Gasteiger partial charge in [0.05, 0.1) is 7.11 Å². The van der Waals surface area contributed by atoms with Crippen molar-refractivity contribution in [1.29, 1.82) is 0 Å². The normalized spacial score (nSPS) is 23.5. The van der Waals surface area contributed by atoms with E-state index in [4.69, 9.17) is 10.5 Å². The summed E-state index contributed by atoms with van der Waals surface area (Å²) >= 11 is 0. The Hall–Kier alpha value is -1.01. The number of rotatable bonds is 4. The number of hydrogen-bond acceptors (Lipinski definition) is 4. The molecule has 0 aromatic heterocycles. The van der Waals surface area contributed by atoms with Crippen molar-refractivity contribution in [2.45, 2.75) is 31.8 Å². The second-order valence-electron chi connectivity index (χ2n) is 6.68. The van der Waals surface area contributed by atoms with Gasteiger partial charge >= 0.3 is 0 Å². The number of nitrogens with zero attached hydrogens (tertiary/aromatic N) is 2. The van der Waals surface area contributed by atoms with Crippen molar-refractivity contribution in [1.82, 2.24) is 9.80 Å². The first-order valence-corrected chi connectivity index (χ1v) is 8.56. The van der Waals surface area contributed by atoms with Crippen molar-refractivity contribution in [3.63, 3.8) is 0 Å². The second kappa shape index (κ2) is 10.2. The van der Waals surface area contributed by atoms with Crippen LogP contribution in [0.3, 0.4) is 0 Å². The number of hydrogen-bond donors (Lipinski definition) is 1. The predicted molar refractivity (Wildman–Crippen MR) is 105 cm³/mol. The van der Waals surface area contributed by atoms with Gasteiger partial charge in [0.1, 0.15) is 5.75 Å². The summed E-state index contributed by atoms with van der Waals surface area (Å²) in [7, 11) is 1.71. The molecule has 2 atom stereocenters. The van der Waals surface area contributed by atoms with Gasteiger partial charge in [-0.25, -0.2) is 0 Å². The van der Waals surface area contributed by atoms with Gasteiger partial charge in [-0.2, -0.15) is 0 Å². The number of nitrogens with two attached hydrogens (primary N) is 1. The highest BCUT2D eigenvalue weighted by Crippen LogP contribution is 2.27. The molecule has 0 radical (unpaired) electrons. The molecule has 0 bridgehead atoms. The number of benzene rings is 1. The lowest BCUT2D eigenvalue weighted by molar-refractivity contribution is -0.137. The zero-order chi connectivity index (χ0) is 16.2. The van der Waals surface area contributed by atoms with Gasteiger partial charge in [-0.05, 0) is 25.3 Å². The van der Waals surface area contributed by atoms with Crippen molar-refractivity contribution in [3.8, 4) is 5.75 Å². The summed E-state index contributed by atoms with van der Waals surface area (Å²) < 4.78 is 5.42. The molecule has 1 saturated heterocycles. The zero-order valence-corrected chi connectivity index (χ0v) is 16.4. The largest absolute Gasteiger partial charge is 0.496 e. The number of methoxy groups -OCH3 is 1. The Kier molecular flexibility index (Phi) is 9.00. The van der Waals surface area contributed by atoms with E-state index < -0.39 is 0 Å². The molecule has 2 aliphatic rings. The molecule has 25 heavy (non-hydrogen) atoms. The monoisotopic (exact) mass is 389 g/mol. The third-order valence-electron chi connectivity index (χ3n) is 5.09. The fourth-order valence-corrected chi connectivity index (χ4v) is 3.70. The Morgan fingerprint density at radius 3 is 2.44 bits per heavy atom. The highest BCUT2D eigenvalue weighted by Gasteiger charge is 2.32. The van der Waals surface area contributed by atoms with E-state index in [0.29, 0.717) is 5.91 Å². The minimum atomic E-state index is 0. The highest BCUT2D eigenvalue weighted by atomic mass is 35.5. The number of carbonyl (C=O) groups excluding carboxylic acids is 1. The van der Waals surface area contributed by atoms with Gasteiger partial charge in [-0.3, -0.25) is 9.69 Å². The van der Waals surface area contributed by atoms with E-state index in [1.165, 1.54) is 5.56 Å². The number of halogens is 2. The van der Waals surface area contributed by atoms with Crippen molar-refractivity contribution in [3.05, 3.63) is 29.8 Å². The standard InChI is InChI=1S/C18H27N3O2.2ClH/c1-23-17-5-3-2-4-15(17)13-20-8-10-21(11-9-20)18(22)14-6-7-16(19)12-14;;/h2-5,14,16H,6-13,19H2,1H3;2*1H. The molecule has 3 rings (SSSR count). The van der Waals surface area contributed by atoms with Crippen LogP contribution in [0.1, 0.15) is 24.8 Å². The fourth-order valence-electron chi connectivity index (χ4n) is 3.70. The summed E-state index contributed by atoms with van der Waals surface area (Å²) in [4.78, 5) is 17.0. The van der Waals surface area contributed by atoms with E-state index in [-0.39, 0.29) is 36.8 Å². The van der Waals surface area contributed by atoms with Gasteiger partial charge in [-0.1, -0.05) is 18.2 Å². The van der Waals surface area contributed by atoms with Crippen LogP contribution in [0, 0.1) is 5.92 Å². The average molecular weight is 390 g/mol. The van der Waals surface area contributed by atoms with Gasteiger partial charge in [0.25, 0.3) is 0 Å². The summed E-state index contributed by atoms with van der Waals surface area (Å²) in [6, 6.07) is 8.36. The number of ether oxygens (including phenoxy) is 1. The van der Waals surface area contributed by atoms with Crippen LogP contribution < -0.4 is 10.5 Å². The van der Waals surface area contributed by atoms with E-state index >= 15 is 0 Å². The Labute approximate surface area is 162 Å². The van der Waals surface area contributed by atoms with E-state index in [1.54, 1.807) is 7.11 Å². The molecule has 2 N–H and O–H groups in total. The predicted octanol–water partition coefficient (Wildman–Crippen LogP) is 2.31. The number of carbonyl (C=O) groups is 1. The first-order chi connectivity index (χ1) is 11.2. The van der Waals surface area contributed by atoms with Crippen LogP contribution in [0.25, 0.3) is 0 Å². The third-order valence-corrected chi connectivity index (χ3v) is 5.09. The maximum absolute atomic E-state index is 12.5. The van der Waals surface area contributed by atoms with Crippen molar-refractivity contribution in [2.75, 3.05) is 33.3 Å². The molecule has 1 aliphatic heterocycles. The molecular weight excluding hydrogens is 361 g/mol. The molecule has 7 heteroatoms. The van der Waals surface area contributed by atoms with E-state index in [2.05, 4.69) is 11.0 Å². The van der Waals surface area contributed by atoms with Crippen molar-refractivity contribution in [2.24, 2.45) is 11.7 Å². The minimum Gasteiger partial charge on any atom is -0.496 e. The zero-order valence-electron chi connectivity index (χ0n) is 14.7. The second-order valence-corrected chi connectivity index (χ2v) is 6.68. The van der Waals surface area contributed by atoms with Crippen LogP contribution in [-0.2, 0) is 11.3 Å². The number of amides is 1. The SMILES string of the molecule is COc1ccccc1CN1CCN(C(=O)C2CCC(N)C2)CC1.Cl.Cl. The van der Waals surface area contributed by atoms with E-state index in [9.17, 15) is 4.79 Å². The molecule has 2 unspecified atom stereocenters. The average Bonchev–Trinajstić information content (AvgIpc) is 3.02. The topological polar surface area (TPSA) is 58.8 Å². The maximum Gasteiger partial charge on any atom is 0.225 e. The maximum atomic E-state index is 12.5. The van der Waals surface area contributed by atoms with Gasteiger partial charge in [-0.15, -0.1) is 24.8 Å². The summed E-state index contributed by atoms with van der Waals surface area (Å²) in [5.74, 6) is 1.41. The number of piperazine rings is 1. The molecule has 5 nitrogen and oxygen atoms in total.